The minimum Gasteiger partial charge on any atom is -0.0891 e. The van der Waals surface area contributed by atoms with E-state index in [0.717, 1.165) is 30.7 Å². The monoisotopic (exact) mass is 390 g/mol. The van der Waals surface area contributed by atoms with Crippen LogP contribution in [0.1, 0.15) is 67.3 Å². The number of rotatable bonds is 5. The number of aryl methyl sites for hydroxylation is 3. The number of benzene rings is 2. The highest BCUT2D eigenvalue weighted by molar-refractivity contribution is 6.29. The van der Waals surface area contributed by atoms with Crippen molar-refractivity contribution in [1.29, 1.82) is 0 Å². The molecule has 0 aliphatic heterocycles. The summed E-state index contributed by atoms with van der Waals surface area (Å²) in [5.41, 5.74) is 12.3. The summed E-state index contributed by atoms with van der Waals surface area (Å²) in [7, 11) is 0. The lowest BCUT2D eigenvalue weighted by molar-refractivity contribution is 0.858. The van der Waals surface area contributed by atoms with Crippen molar-refractivity contribution in [1.82, 2.24) is 0 Å². The Morgan fingerprint density at radius 3 is 2.18 bits per heavy atom. The van der Waals surface area contributed by atoms with Crippen LogP contribution in [0.2, 0.25) is 0 Å². The van der Waals surface area contributed by atoms with Crippen LogP contribution in [-0.2, 0) is 0 Å². The lowest BCUT2D eigenvalue weighted by Crippen LogP contribution is -2.04. The van der Waals surface area contributed by atoms with E-state index in [1.165, 1.54) is 50.1 Å². The minimum atomic E-state index is 0.940. The third-order valence-electron chi connectivity index (χ3n) is 5.62. The molecular weight excluding hydrogens is 360 g/mol. The highest BCUT2D eigenvalue weighted by Crippen LogP contribution is 2.40. The first-order valence-corrected chi connectivity index (χ1v) is 10.7. The molecule has 146 valence electrons. The summed E-state index contributed by atoms with van der Waals surface area (Å²) in [6.07, 6.45) is 6.33. The average molecular weight is 391 g/mol. The van der Waals surface area contributed by atoms with Crippen LogP contribution in [0.4, 0.5) is 0 Å². The van der Waals surface area contributed by atoms with Crippen LogP contribution in [0.3, 0.4) is 0 Å². The van der Waals surface area contributed by atoms with Crippen molar-refractivity contribution in [3.8, 4) is 0 Å². The summed E-state index contributed by atoms with van der Waals surface area (Å²) in [5.74, 6) is 0. The summed E-state index contributed by atoms with van der Waals surface area (Å²) < 4.78 is 0. The summed E-state index contributed by atoms with van der Waals surface area (Å²) >= 11 is 6.34. The Bertz CT molecular complexity index is 952. The van der Waals surface area contributed by atoms with Gasteiger partial charge in [-0.25, -0.2) is 0 Å². The SMILES string of the molecule is CCC/C(C1=C(C)C=C(Cl)CC1)=C(/c1ccc(C)cc1)c1ccc(C)cc1C. The molecule has 0 aromatic heterocycles. The molecule has 0 N–H and O–H groups in total. The van der Waals surface area contributed by atoms with E-state index in [-0.39, 0.29) is 0 Å². The van der Waals surface area contributed by atoms with E-state index in [1.807, 2.05) is 0 Å². The van der Waals surface area contributed by atoms with Crippen molar-refractivity contribution in [2.45, 2.75) is 60.3 Å². The molecular formula is C27H31Cl. The molecule has 0 radical (unpaired) electrons. The average Bonchev–Trinajstić information content (AvgIpc) is 2.64. The molecule has 2 aromatic rings. The third kappa shape index (κ3) is 4.50. The maximum Gasteiger partial charge on any atom is 0.0187 e. The Balaban J connectivity index is 2.33. The number of hydrogen-bond acceptors (Lipinski definition) is 0. The first-order chi connectivity index (χ1) is 13.4. The molecule has 0 unspecified atom stereocenters. The molecule has 1 heteroatoms. The van der Waals surface area contributed by atoms with Crippen molar-refractivity contribution in [3.63, 3.8) is 0 Å². The first kappa shape index (κ1) is 20.7. The van der Waals surface area contributed by atoms with Crippen LogP contribution in [0.15, 0.2) is 70.3 Å². The van der Waals surface area contributed by atoms with E-state index >= 15 is 0 Å². The maximum atomic E-state index is 6.34. The molecule has 28 heavy (non-hydrogen) atoms. The topological polar surface area (TPSA) is 0 Å². The van der Waals surface area contributed by atoms with Gasteiger partial charge in [-0.2, -0.15) is 0 Å². The van der Waals surface area contributed by atoms with Gasteiger partial charge in [0.05, 0.1) is 0 Å². The molecule has 0 spiro atoms. The van der Waals surface area contributed by atoms with Crippen molar-refractivity contribution in [2.24, 2.45) is 0 Å². The van der Waals surface area contributed by atoms with Gasteiger partial charge in [0.1, 0.15) is 0 Å². The summed E-state index contributed by atoms with van der Waals surface area (Å²) in [4.78, 5) is 0. The Labute approximate surface area is 175 Å². The second-order valence-corrected chi connectivity index (χ2v) is 8.53. The molecule has 0 heterocycles. The molecule has 0 bridgehead atoms. The molecule has 0 saturated carbocycles. The van der Waals surface area contributed by atoms with E-state index in [2.05, 4.69) is 83.2 Å². The molecule has 0 nitrogen and oxygen atoms in total. The third-order valence-corrected chi connectivity index (χ3v) is 5.92. The standard InChI is InChI=1S/C27H31Cl/c1-6-7-26(24-15-13-23(28)17-21(24)5)27(22-11-8-18(2)9-12-22)25-14-10-19(3)16-20(25)4/h8-12,14,16-17H,6-7,13,15H2,1-5H3/b27-26+. The second kappa shape index (κ2) is 8.97. The molecule has 0 amide bonds. The molecule has 0 fully saturated rings. The van der Waals surface area contributed by atoms with Crippen molar-refractivity contribution in [3.05, 3.63) is 98.1 Å². The van der Waals surface area contributed by atoms with Gasteiger partial charge >= 0.3 is 0 Å². The zero-order valence-corrected chi connectivity index (χ0v) is 18.6. The van der Waals surface area contributed by atoms with Crippen LogP contribution in [0.25, 0.3) is 5.57 Å². The van der Waals surface area contributed by atoms with Crippen molar-refractivity contribution in [2.75, 3.05) is 0 Å². The van der Waals surface area contributed by atoms with Gasteiger partial charge in [-0.15, -0.1) is 0 Å². The molecule has 0 saturated heterocycles. The predicted octanol–water partition coefficient (Wildman–Crippen LogP) is 8.45. The fourth-order valence-corrected chi connectivity index (χ4v) is 4.47. The largest absolute Gasteiger partial charge is 0.0891 e. The molecule has 1 aliphatic carbocycles. The first-order valence-electron chi connectivity index (χ1n) is 10.3. The predicted molar refractivity (Wildman–Crippen MR) is 124 cm³/mol. The van der Waals surface area contributed by atoms with Crippen molar-refractivity contribution >= 4 is 17.2 Å². The Morgan fingerprint density at radius 2 is 1.57 bits per heavy atom. The highest BCUT2D eigenvalue weighted by atomic mass is 35.5. The summed E-state index contributed by atoms with van der Waals surface area (Å²) in [6, 6.07) is 15.8. The van der Waals surface area contributed by atoms with Gasteiger partial charge in [0.25, 0.3) is 0 Å². The van der Waals surface area contributed by atoms with Gasteiger partial charge in [-0.05, 0) is 92.0 Å². The van der Waals surface area contributed by atoms with Crippen LogP contribution in [0, 0.1) is 20.8 Å². The van der Waals surface area contributed by atoms with E-state index in [1.54, 1.807) is 0 Å². The fourth-order valence-electron chi connectivity index (χ4n) is 4.21. The summed E-state index contributed by atoms with van der Waals surface area (Å²) in [6.45, 7) is 11.0. The van der Waals surface area contributed by atoms with Gasteiger partial charge in [0, 0.05) is 5.03 Å². The van der Waals surface area contributed by atoms with Gasteiger partial charge in [0.2, 0.25) is 0 Å². The van der Waals surface area contributed by atoms with Crippen LogP contribution in [-0.4, -0.2) is 0 Å². The normalized spacial score (nSPS) is 15.4. The van der Waals surface area contributed by atoms with Gasteiger partial charge in [0.15, 0.2) is 0 Å². The zero-order chi connectivity index (χ0) is 20.3. The fraction of sp³-hybridized carbons (Fsp3) is 0.333. The van der Waals surface area contributed by atoms with Crippen LogP contribution < -0.4 is 0 Å². The quantitative estimate of drug-likeness (QED) is 0.480. The molecule has 2 aromatic carbocycles. The van der Waals surface area contributed by atoms with E-state index in [4.69, 9.17) is 11.6 Å². The molecule has 0 atom stereocenters. The Kier molecular flexibility index (Phi) is 6.62. The van der Waals surface area contributed by atoms with Crippen molar-refractivity contribution < 1.29 is 0 Å². The van der Waals surface area contributed by atoms with Gasteiger partial charge < -0.3 is 0 Å². The Morgan fingerprint density at radius 1 is 0.893 bits per heavy atom. The smallest absolute Gasteiger partial charge is 0.0187 e. The number of halogens is 1. The molecule has 3 rings (SSSR count). The molecule has 1 aliphatic rings. The summed E-state index contributed by atoms with van der Waals surface area (Å²) in [5, 5.41) is 0.973. The number of allylic oxidation sites excluding steroid dienone is 5. The maximum absolute atomic E-state index is 6.34. The van der Waals surface area contributed by atoms with E-state index < -0.39 is 0 Å². The number of hydrogen-bond donors (Lipinski definition) is 0. The van der Waals surface area contributed by atoms with Gasteiger partial charge in [-0.1, -0.05) is 78.5 Å². The highest BCUT2D eigenvalue weighted by Gasteiger charge is 2.20. The van der Waals surface area contributed by atoms with E-state index in [9.17, 15) is 0 Å². The lowest BCUT2D eigenvalue weighted by atomic mass is 9.81. The lowest BCUT2D eigenvalue weighted by Gasteiger charge is -2.24. The van der Waals surface area contributed by atoms with Gasteiger partial charge in [-0.3, -0.25) is 0 Å². The van der Waals surface area contributed by atoms with Crippen LogP contribution >= 0.6 is 11.6 Å². The Hall–Kier alpha value is -2.05. The second-order valence-electron chi connectivity index (χ2n) is 8.04. The van der Waals surface area contributed by atoms with Crippen LogP contribution in [0.5, 0.6) is 0 Å². The van der Waals surface area contributed by atoms with E-state index in [0.29, 0.717) is 0 Å². The minimum absolute atomic E-state index is 0.940. The zero-order valence-electron chi connectivity index (χ0n) is 17.8.